The molecule has 0 spiro atoms. The van der Waals surface area contributed by atoms with Crippen LogP contribution < -0.4 is 4.90 Å². The third kappa shape index (κ3) is 5.76. The summed E-state index contributed by atoms with van der Waals surface area (Å²) in [5.41, 5.74) is 0.772. The molecule has 0 saturated carbocycles. The number of hydrogen-bond donors (Lipinski definition) is 0. The zero-order valence-corrected chi connectivity index (χ0v) is 18.2. The highest BCUT2D eigenvalue weighted by Gasteiger charge is 2.38. The Morgan fingerprint density at radius 3 is 2.06 bits per heavy atom. The summed E-state index contributed by atoms with van der Waals surface area (Å²) in [4.78, 5) is 3.75. The maximum Gasteiger partial charge on any atom is 0.470 e. The minimum absolute atomic E-state index is 0.249. The van der Waals surface area contributed by atoms with Gasteiger partial charge in [0.05, 0.1) is 18.8 Å². The Bertz CT molecular complexity index is 1150. The van der Waals surface area contributed by atoms with Crippen LogP contribution in [0.3, 0.4) is 0 Å². The van der Waals surface area contributed by atoms with Crippen molar-refractivity contribution in [3.8, 4) is 11.5 Å². The van der Waals surface area contributed by atoms with Crippen LogP contribution in [-0.4, -0.2) is 41.4 Å². The lowest BCUT2D eigenvalue weighted by atomic mass is 10.1. The molecule has 2 heterocycles. The molecular formula is C23H20F6N4O2. The summed E-state index contributed by atoms with van der Waals surface area (Å²) in [5, 5.41) is 6.45. The first kappa shape index (κ1) is 24.6. The van der Waals surface area contributed by atoms with Gasteiger partial charge >= 0.3 is 18.2 Å². The number of alkyl halides is 6. The first-order valence-corrected chi connectivity index (χ1v) is 10.5. The number of aromatic nitrogens is 2. The van der Waals surface area contributed by atoms with Crippen molar-refractivity contribution in [2.45, 2.75) is 18.9 Å². The van der Waals surface area contributed by atoms with Gasteiger partial charge in [-0.2, -0.15) is 26.3 Å². The zero-order chi connectivity index (χ0) is 25.2. The number of ether oxygens (including phenoxy) is 1. The highest BCUT2D eigenvalue weighted by atomic mass is 19.4. The monoisotopic (exact) mass is 498 g/mol. The van der Waals surface area contributed by atoms with Gasteiger partial charge in [-0.1, -0.05) is 18.7 Å². The van der Waals surface area contributed by atoms with Crippen molar-refractivity contribution >= 4 is 5.69 Å². The van der Waals surface area contributed by atoms with Gasteiger partial charge in [0.2, 0.25) is 5.89 Å². The van der Waals surface area contributed by atoms with Crippen molar-refractivity contribution in [1.29, 1.82) is 0 Å². The van der Waals surface area contributed by atoms with E-state index in [1.807, 2.05) is 4.90 Å². The van der Waals surface area contributed by atoms with Crippen LogP contribution in [0, 0.1) is 0 Å². The zero-order valence-electron chi connectivity index (χ0n) is 18.2. The van der Waals surface area contributed by atoms with E-state index >= 15 is 0 Å². The van der Waals surface area contributed by atoms with E-state index in [1.54, 1.807) is 17.0 Å². The summed E-state index contributed by atoms with van der Waals surface area (Å²) in [7, 11) is 0. The van der Waals surface area contributed by atoms with Crippen LogP contribution in [0.25, 0.3) is 11.5 Å². The summed E-state index contributed by atoms with van der Waals surface area (Å²) in [5.74, 6) is -1.13. The molecule has 1 aromatic heterocycles. The van der Waals surface area contributed by atoms with Crippen LogP contribution in [0.15, 0.2) is 65.3 Å². The van der Waals surface area contributed by atoms with Gasteiger partial charge in [-0.3, -0.25) is 0 Å². The molecule has 186 valence electrons. The molecular weight excluding hydrogens is 478 g/mol. The fourth-order valence-corrected chi connectivity index (χ4v) is 3.54. The van der Waals surface area contributed by atoms with Crippen molar-refractivity contribution in [2.24, 2.45) is 0 Å². The lowest BCUT2D eigenvalue weighted by Crippen LogP contribution is -2.41. The summed E-state index contributed by atoms with van der Waals surface area (Å²) >= 11 is 0. The second-order valence-corrected chi connectivity index (χ2v) is 7.75. The van der Waals surface area contributed by atoms with Gasteiger partial charge in [-0.25, -0.2) is 0 Å². The highest BCUT2D eigenvalue weighted by molar-refractivity contribution is 5.56. The second kappa shape index (κ2) is 9.61. The summed E-state index contributed by atoms with van der Waals surface area (Å²) < 4.78 is 87.3. The molecule has 0 unspecified atom stereocenters. The maximum absolute atomic E-state index is 13.0. The van der Waals surface area contributed by atoms with Crippen molar-refractivity contribution in [3.05, 3.63) is 77.9 Å². The number of nitrogens with zero attached hydrogens (tertiary/aromatic N) is 4. The van der Waals surface area contributed by atoms with Gasteiger partial charge in [0.15, 0.2) is 0 Å². The molecule has 12 heteroatoms. The second-order valence-electron chi connectivity index (χ2n) is 7.75. The lowest BCUT2D eigenvalue weighted by Gasteiger charge is -2.37. The molecule has 35 heavy (non-hydrogen) atoms. The molecule has 3 aromatic rings. The van der Waals surface area contributed by atoms with Gasteiger partial charge in [0.1, 0.15) is 5.82 Å². The van der Waals surface area contributed by atoms with E-state index in [0.717, 1.165) is 17.7 Å². The van der Waals surface area contributed by atoms with Gasteiger partial charge in [0, 0.05) is 30.9 Å². The van der Waals surface area contributed by atoms with E-state index in [4.69, 9.17) is 9.15 Å². The molecule has 0 amide bonds. The van der Waals surface area contributed by atoms with E-state index in [9.17, 15) is 26.3 Å². The molecule has 0 bridgehead atoms. The third-order valence-electron chi connectivity index (χ3n) is 5.40. The molecule has 0 N–H and O–H groups in total. The van der Waals surface area contributed by atoms with Crippen molar-refractivity contribution in [2.75, 3.05) is 31.2 Å². The molecule has 1 aliphatic rings. The largest absolute Gasteiger partial charge is 0.470 e. The van der Waals surface area contributed by atoms with Crippen molar-refractivity contribution in [3.63, 3.8) is 0 Å². The van der Waals surface area contributed by atoms with E-state index < -0.39 is 23.8 Å². The molecule has 4 rings (SSSR count). The Hall–Kier alpha value is -3.54. The molecule has 6 nitrogen and oxygen atoms in total. The number of hydrogen-bond acceptors (Lipinski definition) is 6. The lowest BCUT2D eigenvalue weighted by molar-refractivity contribution is -0.157. The van der Waals surface area contributed by atoms with Crippen LogP contribution in [0.2, 0.25) is 0 Å². The number of halogens is 6. The molecule has 0 radical (unpaired) electrons. The van der Waals surface area contributed by atoms with Crippen LogP contribution in [0.1, 0.15) is 17.0 Å². The predicted octanol–water partition coefficient (Wildman–Crippen LogP) is 5.58. The first-order valence-electron chi connectivity index (χ1n) is 10.5. The molecule has 1 fully saturated rings. The van der Waals surface area contributed by atoms with Crippen molar-refractivity contribution in [1.82, 2.24) is 15.1 Å². The molecule has 0 aliphatic carbocycles. The van der Waals surface area contributed by atoms with E-state index in [1.165, 1.54) is 24.3 Å². The Balaban J connectivity index is 1.58. The molecule has 0 atom stereocenters. The Labute approximate surface area is 196 Å². The van der Waals surface area contributed by atoms with Crippen molar-refractivity contribution < 1.29 is 35.5 Å². The summed E-state index contributed by atoms with van der Waals surface area (Å²) in [6.07, 6.45) is -9.20. The summed E-state index contributed by atoms with van der Waals surface area (Å²) in [6, 6.07) is 11.2. The predicted molar refractivity (Wildman–Crippen MR) is 114 cm³/mol. The van der Waals surface area contributed by atoms with Crippen LogP contribution >= 0.6 is 0 Å². The number of anilines is 1. The van der Waals surface area contributed by atoms with Gasteiger partial charge in [0.25, 0.3) is 0 Å². The SMILES string of the molecule is C=C(N1CCOCC1)N(Cc1ccc(-c2nnc(C(F)(F)F)o2)cc1)c1ccc(C(F)(F)F)cc1. The smallest absolute Gasteiger partial charge is 0.413 e. The number of benzene rings is 2. The van der Waals surface area contributed by atoms with E-state index in [-0.39, 0.29) is 12.4 Å². The molecule has 2 aromatic carbocycles. The number of rotatable bonds is 6. The van der Waals surface area contributed by atoms with Crippen LogP contribution in [0.4, 0.5) is 32.0 Å². The highest BCUT2D eigenvalue weighted by Crippen LogP contribution is 2.33. The standard InChI is InChI=1S/C23H20F6N4O2/c1-15(32-10-12-34-13-11-32)33(19-8-6-18(7-9-19)22(24,25)26)14-16-2-4-17(5-3-16)20-30-31-21(35-20)23(27,28)29/h2-9H,1,10-14H2. The average Bonchev–Trinajstić information content (AvgIpc) is 3.34. The topological polar surface area (TPSA) is 54.6 Å². The van der Waals surface area contributed by atoms with E-state index in [0.29, 0.717) is 43.4 Å². The normalized spacial score (nSPS) is 14.7. The fourth-order valence-electron chi connectivity index (χ4n) is 3.54. The fraction of sp³-hybridized carbons (Fsp3) is 0.304. The average molecular weight is 498 g/mol. The molecule has 1 aliphatic heterocycles. The molecule has 1 saturated heterocycles. The van der Waals surface area contributed by atoms with Crippen LogP contribution in [-0.2, 0) is 23.6 Å². The minimum atomic E-state index is -4.74. The quantitative estimate of drug-likeness (QED) is 0.414. The minimum Gasteiger partial charge on any atom is -0.413 e. The number of morpholine rings is 1. The van der Waals surface area contributed by atoms with Gasteiger partial charge in [-0.15, -0.1) is 10.2 Å². The van der Waals surface area contributed by atoms with E-state index in [2.05, 4.69) is 16.8 Å². The summed E-state index contributed by atoms with van der Waals surface area (Å²) in [6.45, 7) is 6.55. The maximum atomic E-state index is 13.0. The van der Waals surface area contributed by atoms with Gasteiger partial charge in [-0.05, 0) is 42.0 Å². The Kier molecular flexibility index (Phi) is 6.75. The van der Waals surface area contributed by atoms with Gasteiger partial charge < -0.3 is 19.0 Å². The third-order valence-corrected chi connectivity index (χ3v) is 5.40. The van der Waals surface area contributed by atoms with Crippen LogP contribution in [0.5, 0.6) is 0 Å². The first-order chi connectivity index (χ1) is 16.5. The Morgan fingerprint density at radius 1 is 0.886 bits per heavy atom. The Morgan fingerprint density at radius 2 is 1.51 bits per heavy atom.